The Morgan fingerprint density at radius 1 is 0.778 bits per heavy atom. The maximum absolute atomic E-state index is 13.4. The second-order valence-electron chi connectivity index (χ2n) is 10.8. The molecule has 5 aromatic rings. The van der Waals surface area contributed by atoms with Gasteiger partial charge in [0, 0.05) is 46.1 Å². The first kappa shape index (κ1) is 26.5. The summed E-state index contributed by atoms with van der Waals surface area (Å²) < 4.78 is 28.7. The van der Waals surface area contributed by atoms with Crippen molar-refractivity contribution in [3.05, 3.63) is 130 Å². The molecule has 0 radical (unpaired) electrons. The lowest BCUT2D eigenvalue weighted by Crippen LogP contribution is -2.32. The van der Waals surface area contributed by atoms with Gasteiger partial charge in [-0.1, -0.05) is 18.2 Å². The lowest BCUT2D eigenvalue weighted by Gasteiger charge is -2.36. The van der Waals surface area contributed by atoms with Gasteiger partial charge in [-0.15, -0.1) is 0 Å². The number of carbonyl (C=O) groups is 2. The second-order valence-corrected chi connectivity index (χ2v) is 10.8. The maximum Gasteiger partial charge on any atom is 0.340 e. The number of nitrogens with one attached hydrogen (secondary N) is 1. The van der Waals surface area contributed by atoms with E-state index in [0.717, 1.165) is 5.56 Å². The minimum absolute atomic E-state index is 0.0346. The molecule has 0 saturated heterocycles. The zero-order valence-electron chi connectivity index (χ0n) is 23.4. The van der Waals surface area contributed by atoms with Crippen molar-refractivity contribution in [2.45, 2.75) is 12.2 Å². The number of carbonyl (C=O) groups excluding carboxylic acids is 2. The largest absolute Gasteiger partial charge is 0.508 e. The van der Waals surface area contributed by atoms with Gasteiger partial charge in [0.2, 0.25) is 6.79 Å². The summed E-state index contributed by atoms with van der Waals surface area (Å²) in [6.45, 7) is 0.443. The standard InChI is InChI=1S/C35H23NO9/c37-22-5-9-27-30(14-22)44-31-15-23(38)6-10-28(31)35(27)26-8-4-20(13-25(26)34(40)45-35)33(39)36-21-3-1-2-19(12-21)17-41-24-7-11-29-32(16-24)43-18-42-29/h1-16,37-38H,17-18H2,(H,36,39). The van der Waals surface area contributed by atoms with Crippen molar-refractivity contribution in [1.29, 1.82) is 0 Å². The summed E-state index contributed by atoms with van der Waals surface area (Å²) in [7, 11) is 0. The van der Waals surface area contributed by atoms with Crippen LogP contribution in [0.3, 0.4) is 0 Å². The van der Waals surface area contributed by atoms with Crippen LogP contribution in [0, 0.1) is 0 Å². The molecule has 3 aliphatic rings. The van der Waals surface area contributed by atoms with E-state index < -0.39 is 17.5 Å². The van der Waals surface area contributed by atoms with Crippen LogP contribution < -0.4 is 24.3 Å². The van der Waals surface area contributed by atoms with Crippen molar-refractivity contribution >= 4 is 17.6 Å². The summed E-state index contributed by atoms with van der Waals surface area (Å²) in [6, 6.07) is 26.5. The molecule has 1 amide bonds. The van der Waals surface area contributed by atoms with Gasteiger partial charge in [-0.25, -0.2) is 4.79 Å². The van der Waals surface area contributed by atoms with Crippen molar-refractivity contribution in [2.75, 3.05) is 12.1 Å². The van der Waals surface area contributed by atoms with E-state index in [9.17, 15) is 19.8 Å². The molecule has 222 valence electrons. The van der Waals surface area contributed by atoms with Crippen LogP contribution in [0.15, 0.2) is 97.1 Å². The highest BCUT2D eigenvalue weighted by molar-refractivity contribution is 6.07. The summed E-state index contributed by atoms with van der Waals surface area (Å²) in [4.78, 5) is 26.8. The Bertz CT molecular complexity index is 2000. The van der Waals surface area contributed by atoms with E-state index >= 15 is 0 Å². The van der Waals surface area contributed by atoms with Crippen LogP contribution >= 0.6 is 0 Å². The summed E-state index contributed by atoms with van der Waals surface area (Å²) in [6.07, 6.45) is 0. The number of phenols is 2. The number of aromatic hydroxyl groups is 2. The number of amides is 1. The lowest BCUT2D eigenvalue weighted by molar-refractivity contribution is 0.0224. The molecule has 0 saturated carbocycles. The molecule has 0 bridgehead atoms. The van der Waals surface area contributed by atoms with Gasteiger partial charge in [-0.3, -0.25) is 4.79 Å². The van der Waals surface area contributed by atoms with Crippen LogP contribution in [0.5, 0.6) is 40.2 Å². The number of rotatable bonds is 5. The third kappa shape index (κ3) is 4.34. The molecule has 10 heteroatoms. The van der Waals surface area contributed by atoms with Crippen molar-refractivity contribution in [1.82, 2.24) is 0 Å². The molecule has 45 heavy (non-hydrogen) atoms. The molecular formula is C35H23NO9. The molecule has 0 fully saturated rings. The van der Waals surface area contributed by atoms with Gasteiger partial charge < -0.3 is 39.2 Å². The number of anilines is 1. The predicted molar refractivity (Wildman–Crippen MR) is 159 cm³/mol. The summed E-state index contributed by atoms with van der Waals surface area (Å²) in [5, 5.41) is 23.1. The summed E-state index contributed by atoms with van der Waals surface area (Å²) >= 11 is 0. The quantitative estimate of drug-likeness (QED) is 0.201. The summed E-state index contributed by atoms with van der Waals surface area (Å²) in [5.41, 5.74) is 1.97. The third-order valence-corrected chi connectivity index (χ3v) is 7.97. The van der Waals surface area contributed by atoms with E-state index in [0.29, 0.717) is 39.6 Å². The van der Waals surface area contributed by atoms with Gasteiger partial charge in [0.05, 0.1) is 5.56 Å². The fourth-order valence-electron chi connectivity index (χ4n) is 5.92. The van der Waals surface area contributed by atoms with Gasteiger partial charge in [-0.05, 0) is 66.2 Å². The molecule has 10 nitrogen and oxygen atoms in total. The minimum atomic E-state index is -1.40. The van der Waals surface area contributed by atoms with Gasteiger partial charge in [0.15, 0.2) is 17.1 Å². The number of phenolic OH excluding ortho intramolecular Hbond substituents is 2. The molecule has 8 rings (SSSR count). The van der Waals surface area contributed by atoms with Gasteiger partial charge >= 0.3 is 5.97 Å². The van der Waals surface area contributed by atoms with E-state index in [1.165, 1.54) is 30.3 Å². The molecular weight excluding hydrogens is 578 g/mol. The zero-order valence-corrected chi connectivity index (χ0v) is 23.4. The lowest BCUT2D eigenvalue weighted by atomic mass is 9.77. The first-order valence-electron chi connectivity index (χ1n) is 14.0. The molecule has 0 atom stereocenters. The zero-order chi connectivity index (χ0) is 30.7. The molecule has 1 spiro atoms. The number of ether oxygens (including phenoxy) is 5. The van der Waals surface area contributed by atoms with E-state index in [4.69, 9.17) is 23.7 Å². The highest BCUT2D eigenvalue weighted by Gasteiger charge is 2.53. The predicted octanol–water partition coefficient (Wildman–Crippen LogP) is 6.23. The van der Waals surface area contributed by atoms with Gasteiger partial charge in [0.1, 0.15) is 35.4 Å². The van der Waals surface area contributed by atoms with Crippen LogP contribution in [0.4, 0.5) is 5.69 Å². The van der Waals surface area contributed by atoms with Gasteiger partial charge in [0.25, 0.3) is 5.91 Å². The van der Waals surface area contributed by atoms with Crippen LogP contribution in [-0.2, 0) is 16.9 Å². The SMILES string of the molecule is O=C(Nc1cccc(COc2ccc3c(c2)OCO3)c1)c1ccc2c(c1)C(=O)OC21c2ccc(O)cc2Oc2cc(O)ccc21. The van der Waals surface area contributed by atoms with Crippen LogP contribution in [0.1, 0.15) is 43.0 Å². The average molecular weight is 602 g/mol. The van der Waals surface area contributed by atoms with Crippen molar-refractivity contribution in [2.24, 2.45) is 0 Å². The number of benzene rings is 5. The fraction of sp³-hybridized carbons (Fsp3) is 0.0857. The normalized spacial score (nSPS) is 14.5. The highest BCUT2D eigenvalue weighted by atomic mass is 16.7. The van der Waals surface area contributed by atoms with Crippen molar-refractivity contribution in [3.63, 3.8) is 0 Å². The van der Waals surface area contributed by atoms with Crippen LogP contribution in [-0.4, -0.2) is 28.9 Å². The van der Waals surface area contributed by atoms with Crippen LogP contribution in [0.2, 0.25) is 0 Å². The molecule has 0 unspecified atom stereocenters. The molecule has 5 aromatic carbocycles. The summed E-state index contributed by atoms with van der Waals surface area (Å²) in [5.74, 6) is 1.37. The Morgan fingerprint density at radius 3 is 2.29 bits per heavy atom. The second kappa shape index (κ2) is 9.95. The van der Waals surface area contributed by atoms with Crippen molar-refractivity contribution in [3.8, 4) is 40.2 Å². The first-order chi connectivity index (χ1) is 21.9. The minimum Gasteiger partial charge on any atom is -0.508 e. The van der Waals surface area contributed by atoms with Gasteiger partial charge in [-0.2, -0.15) is 0 Å². The molecule has 0 aromatic heterocycles. The monoisotopic (exact) mass is 601 g/mol. The molecule has 3 N–H and O–H groups in total. The Balaban J connectivity index is 1.07. The van der Waals surface area contributed by atoms with Crippen molar-refractivity contribution < 1.29 is 43.5 Å². The number of hydrogen-bond donors (Lipinski definition) is 3. The Labute approximate surface area is 255 Å². The third-order valence-electron chi connectivity index (χ3n) is 7.97. The fourth-order valence-corrected chi connectivity index (χ4v) is 5.92. The van der Waals surface area contributed by atoms with Crippen LogP contribution in [0.25, 0.3) is 0 Å². The van der Waals surface area contributed by atoms with E-state index in [1.54, 1.807) is 48.5 Å². The Morgan fingerprint density at radius 2 is 1.51 bits per heavy atom. The average Bonchev–Trinajstić information content (AvgIpc) is 3.62. The Kier molecular flexibility index (Phi) is 5.85. The van der Waals surface area contributed by atoms with E-state index in [-0.39, 0.29) is 47.5 Å². The van der Waals surface area contributed by atoms with E-state index in [2.05, 4.69) is 5.32 Å². The molecule has 3 aliphatic heterocycles. The topological polar surface area (TPSA) is 133 Å². The number of esters is 1. The molecule has 0 aliphatic carbocycles. The first-order valence-corrected chi connectivity index (χ1v) is 14.0. The Hall–Kier alpha value is -6.16. The molecule has 3 heterocycles. The number of fused-ring (bicyclic) bond motifs is 7. The van der Waals surface area contributed by atoms with E-state index in [1.807, 2.05) is 18.2 Å². The number of hydrogen-bond acceptors (Lipinski definition) is 9. The highest BCUT2D eigenvalue weighted by Crippen LogP contribution is 2.57. The smallest absolute Gasteiger partial charge is 0.340 e. The maximum atomic E-state index is 13.4.